The molecule has 2 aromatic carbocycles. The van der Waals surface area contributed by atoms with Crippen molar-refractivity contribution in [2.75, 3.05) is 45.3 Å². The van der Waals surface area contributed by atoms with Crippen LogP contribution in [0.2, 0.25) is 0 Å². The first-order chi connectivity index (χ1) is 14.6. The van der Waals surface area contributed by atoms with Crippen molar-refractivity contribution in [1.82, 2.24) is 14.5 Å². The van der Waals surface area contributed by atoms with Crippen LogP contribution in [0.1, 0.15) is 10.4 Å². The Morgan fingerprint density at radius 3 is 2.40 bits per heavy atom. The molecule has 0 bridgehead atoms. The number of nitrogens with zero attached hydrogens (tertiary/aromatic N) is 4. The summed E-state index contributed by atoms with van der Waals surface area (Å²) in [5, 5.41) is 0. The molecule has 0 aliphatic carbocycles. The number of amides is 1. The lowest BCUT2D eigenvalue weighted by atomic mass is 10.0. The number of aryl methyl sites for hydroxylation is 1. The number of anilines is 1. The number of imidazole rings is 1. The number of methoxy groups -OCH3 is 2. The summed E-state index contributed by atoms with van der Waals surface area (Å²) in [5.74, 6) is 3.19. The lowest BCUT2D eigenvalue weighted by molar-refractivity contribution is 0.0779. The molecular weight excluding hydrogens is 380 g/mol. The number of aromatic nitrogens is 2. The molecule has 7 nitrogen and oxygen atoms in total. The minimum atomic E-state index is 0.0261. The lowest BCUT2D eigenvalue weighted by Gasteiger charge is -2.23. The predicted octanol–water partition coefficient (Wildman–Crippen LogP) is 2.80. The van der Waals surface area contributed by atoms with Crippen molar-refractivity contribution in [3.05, 3.63) is 48.0 Å². The van der Waals surface area contributed by atoms with E-state index in [9.17, 15) is 4.79 Å². The van der Waals surface area contributed by atoms with Gasteiger partial charge in [0, 0.05) is 51.1 Å². The van der Waals surface area contributed by atoms with E-state index in [1.807, 2.05) is 17.0 Å². The molecule has 2 unspecified atom stereocenters. The van der Waals surface area contributed by atoms with Crippen LogP contribution in [0.4, 0.5) is 5.95 Å². The smallest absolute Gasteiger partial charge is 0.257 e. The van der Waals surface area contributed by atoms with Gasteiger partial charge in [-0.25, -0.2) is 4.98 Å². The van der Waals surface area contributed by atoms with E-state index < -0.39 is 0 Å². The van der Waals surface area contributed by atoms with Gasteiger partial charge in [0.15, 0.2) is 0 Å². The van der Waals surface area contributed by atoms with Crippen LogP contribution in [0, 0.1) is 11.8 Å². The molecule has 0 saturated carbocycles. The van der Waals surface area contributed by atoms with Gasteiger partial charge in [-0.05, 0) is 24.3 Å². The summed E-state index contributed by atoms with van der Waals surface area (Å²) in [6.45, 7) is 3.37. The molecule has 0 radical (unpaired) electrons. The van der Waals surface area contributed by atoms with E-state index in [-0.39, 0.29) is 5.91 Å². The van der Waals surface area contributed by atoms with Gasteiger partial charge in [0.1, 0.15) is 11.5 Å². The standard InChI is InChI=1S/C23H26N4O3/c1-25-20-7-5-4-6-19(20)24-23(25)27-13-15-11-26(12-16(15)14-27)22(28)18-9-8-17(29-2)10-21(18)30-3/h4-10,15-16H,11-14H2,1-3H3. The number of rotatable bonds is 4. The van der Waals surface area contributed by atoms with Gasteiger partial charge < -0.3 is 23.8 Å². The molecule has 2 aliphatic rings. The Bertz CT molecular complexity index is 1100. The Kier molecular flexibility index (Phi) is 4.53. The number of carbonyl (C=O) groups is 1. The molecule has 2 fully saturated rings. The van der Waals surface area contributed by atoms with Crippen molar-refractivity contribution in [1.29, 1.82) is 0 Å². The first kappa shape index (κ1) is 18.8. The van der Waals surface area contributed by atoms with Crippen LogP contribution in [0.25, 0.3) is 11.0 Å². The average molecular weight is 406 g/mol. The summed E-state index contributed by atoms with van der Waals surface area (Å²) in [5.41, 5.74) is 2.76. The van der Waals surface area contributed by atoms with E-state index >= 15 is 0 Å². The minimum absolute atomic E-state index is 0.0261. The van der Waals surface area contributed by atoms with Crippen LogP contribution in [0.5, 0.6) is 11.5 Å². The first-order valence-corrected chi connectivity index (χ1v) is 10.3. The molecule has 5 rings (SSSR count). The van der Waals surface area contributed by atoms with Crippen LogP contribution in [-0.4, -0.2) is 60.8 Å². The van der Waals surface area contributed by atoms with Crippen LogP contribution in [0.3, 0.4) is 0 Å². The zero-order valence-corrected chi connectivity index (χ0v) is 17.5. The second kappa shape index (κ2) is 7.23. The Morgan fingerprint density at radius 1 is 1.00 bits per heavy atom. The number of hydrogen-bond donors (Lipinski definition) is 0. The molecule has 0 spiro atoms. The van der Waals surface area contributed by atoms with Crippen molar-refractivity contribution < 1.29 is 14.3 Å². The Balaban J connectivity index is 1.31. The number of ether oxygens (including phenoxy) is 2. The number of benzene rings is 2. The number of likely N-dealkylation sites (tertiary alicyclic amines) is 1. The van der Waals surface area contributed by atoms with E-state index in [4.69, 9.17) is 14.5 Å². The van der Waals surface area contributed by atoms with E-state index in [1.165, 1.54) is 0 Å². The molecule has 2 atom stereocenters. The summed E-state index contributed by atoms with van der Waals surface area (Å²) >= 11 is 0. The molecule has 2 saturated heterocycles. The lowest BCUT2D eigenvalue weighted by Crippen LogP contribution is -2.34. The van der Waals surface area contributed by atoms with E-state index in [2.05, 4.69) is 28.6 Å². The fraction of sp³-hybridized carbons (Fsp3) is 0.391. The zero-order valence-electron chi connectivity index (χ0n) is 17.5. The van der Waals surface area contributed by atoms with Gasteiger partial charge in [-0.3, -0.25) is 4.79 Å². The second-order valence-electron chi connectivity index (χ2n) is 8.16. The molecule has 30 heavy (non-hydrogen) atoms. The van der Waals surface area contributed by atoms with Crippen LogP contribution >= 0.6 is 0 Å². The average Bonchev–Trinajstić information content (AvgIpc) is 3.44. The Morgan fingerprint density at radius 2 is 1.73 bits per heavy atom. The molecule has 7 heteroatoms. The van der Waals surface area contributed by atoms with Gasteiger partial charge in [0.05, 0.1) is 30.8 Å². The second-order valence-corrected chi connectivity index (χ2v) is 8.16. The van der Waals surface area contributed by atoms with Gasteiger partial charge in [-0.2, -0.15) is 0 Å². The first-order valence-electron chi connectivity index (χ1n) is 10.3. The van der Waals surface area contributed by atoms with E-state index in [0.29, 0.717) is 28.9 Å². The van der Waals surface area contributed by atoms with Crippen molar-refractivity contribution in [2.24, 2.45) is 18.9 Å². The molecule has 3 heterocycles. The van der Waals surface area contributed by atoms with Gasteiger partial charge in [0.2, 0.25) is 5.95 Å². The van der Waals surface area contributed by atoms with Crippen LogP contribution in [-0.2, 0) is 7.05 Å². The van der Waals surface area contributed by atoms with Crippen molar-refractivity contribution >= 4 is 22.9 Å². The fourth-order valence-corrected chi connectivity index (χ4v) is 4.88. The number of carbonyl (C=O) groups excluding carboxylic acids is 1. The number of para-hydroxylation sites is 2. The third kappa shape index (κ3) is 2.96. The minimum Gasteiger partial charge on any atom is -0.497 e. The number of hydrogen-bond acceptors (Lipinski definition) is 5. The quantitative estimate of drug-likeness (QED) is 0.667. The van der Waals surface area contributed by atoms with Crippen LogP contribution in [0.15, 0.2) is 42.5 Å². The predicted molar refractivity (Wildman–Crippen MR) is 115 cm³/mol. The van der Waals surface area contributed by atoms with Crippen molar-refractivity contribution in [2.45, 2.75) is 0 Å². The van der Waals surface area contributed by atoms with E-state index in [0.717, 1.165) is 43.2 Å². The largest absolute Gasteiger partial charge is 0.497 e. The van der Waals surface area contributed by atoms with Gasteiger partial charge in [0.25, 0.3) is 5.91 Å². The third-order valence-electron chi connectivity index (χ3n) is 6.46. The molecule has 3 aromatic rings. The Hall–Kier alpha value is -3.22. The highest BCUT2D eigenvalue weighted by Crippen LogP contribution is 2.36. The third-order valence-corrected chi connectivity index (χ3v) is 6.46. The number of fused-ring (bicyclic) bond motifs is 2. The molecule has 0 N–H and O–H groups in total. The monoisotopic (exact) mass is 406 g/mol. The summed E-state index contributed by atoms with van der Waals surface area (Å²) in [4.78, 5) is 22.3. The normalized spacial score (nSPS) is 20.6. The van der Waals surface area contributed by atoms with Gasteiger partial charge in [-0.15, -0.1) is 0 Å². The summed E-state index contributed by atoms with van der Waals surface area (Å²) in [6, 6.07) is 13.6. The van der Waals surface area contributed by atoms with Crippen molar-refractivity contribution in [3.8, 4) is 11.5 Å². The Labute approximate surface area is 175 Å². The summed E-state index contributed by atoms with van der Waals surface area (Å²) < 4.78 is 12.8. The fourth-order valence-electron chi connectivity index (χ4n) is 4.88. The molecule has 1 aromatic heterocycles. The maximum Gasteiger partial charge on any atom is 0.257 e. The highest BCUT2D eigenvalue weighted by molar-refractivity contribution is 5.97. The maximum atomic E-state index is 13.2. The SMILES string of the molecule is COc1ccc(C(=O)N2CC3CN(c4nc5ccccc5n4C)CC3C2)c(OC)c1. The topological polar surface area (TPSA) is 59.8 Å². The van der Waals surface area contributed by atoms with Crippen LogP contribution < -0.4 is 14.4 Å². The molecule has 2 aliphatic heterocycles. The van der Waals surface area contributed by atoms with Gasteiger partial charge in [-0.1, -0.05) is 12.1 Å². The zero-order chi connectivity index (χ0) is 20.8. The molecule has 156 valence electrons. The summed E-state index contributed by atoms with van der Waals surface area (Å²) in [6.07, 6.45) is 0. The highest BCUT2D eigenvalue weighted by Gasteiger charge is 2.43. The molecule has 1 amide bonds. The van der Waals surface area contributed by atoms with Gasteiger partial charge >= 0.3 is 0 Å². The maximum absolute atomic E-state index is 13.2. The van der Waals surface area contributed by atoms with E-state index in [1.54, 1.807) is 32.4 Å². The molecular formula is C23H26N4O3. The highest BCUT2D eigenvalue weighted by atomic mass is 16.5. The van der Waals surface area contributed by atoms with Crippen molar-refractivity contribution in [3.63, 3.8) is 0 Å². The summed E-state index contributed by atoms with van der Waals surface area (Å²) in [7, 11) is 5.26.